The van der Waals surface area contributed by atoms with Crippen molar-refractivity contribution in [3.63, 3.8) is 0 Å². The number of piperazine rings is 1. The van der Waals surface area contributed by atoms with Gasteiger partial charge in [-0.25, -0.2) is 9.99 Å². The summed E-state index contributed by atoms with van der Waals surface area (Å²) in [6.45, 7) is 3.51. The van der Waals surface area contributed by atoms with Crippen molar-refractivity contribution in [3.05, 3.63) is 18.3 Å². The first-order chi connectivity index (χ1) is 15.2. The van der Waals surface area contributed by atoms with E-state index in [1.165, 1.54) is 6.20 Å². The van der Waals surface area contributed by atoms with Crippen molar-refractivity contribution >= 4 is 11.7 Å². The van der Waals surface area contributed by atoms with Crippen molar-refractivity contribution in [2.45, 2.75) is 37.5 Å². The normalized spacial score (nSPS) is 19.8. The van der Waals surface area contributed by atoms with Gasteiger partial charge in [-0.3, -0.25) is 9.63 Å². The average molecular weight is 461 g/mol. The summed E-state index contributed by atoms with van der Waals surface area (Å²) >= 11 is 0. The van der Waals surface area contributed by atoms with Crippen LogP contribution in [0.2, 0.25) is 0 Å². The Morgan fingerprint density at radius 2 is 1.94 bits per heavy atom. The van der Waals surface area contributed by atoms with Gasteiger partial charge in [-0.05, 0) is 18.6 Å². The number of aromatic nitrogens is 1. The molecule has 12 heteroatoms. The van der Waals surface area contributed by atoms with E-state index in [1.54, 1.807) is 24.4 Å². The van der Waals surface area contributed by atoms with Crippen LogP contribution in [0.3, 0.4) is 0 Å². The summed E-state index contributed by atoms with van der Waals surface area (Å²) in [5, 5.41) is 3.59. The molecule has 2 fully saturated rings. The molecule has 1 aromatic rings. The van der Waals surface area contributed by atoms with E-state index in [2.05, 4.69) is 9.88 Å². The lowest BCUT2D eigenvalue weighted by Gasteiger charge is -2.43. The lowest BCUT2D eigenvalue weighted by atomic mass is 9.94. The number of carbonyl (C=O) groups is 1. The van der Waals surface area contributed by atoms with Crippen LogP contribution >= 0.6 is 0 Å². The maximum Gasteiger partial charge on any atom is 0.389 e. The zero-order chi connectivity index (χ0) is 23.2. The van der Waals surface area contributed by atoms with Crippen molar-refractivity contribution in [3.8, 4) is 5.75 Å². The zero-order valence-electron chi connectivity index (χ0n) is 18.1. The van der Waals surface area contributed by atoms with Gasteiger partial charge in [-0.15, -0.1) is 5.17 Å². The van der Waals surface area contributed by atoms with Crippen molar-refractivity contribution < 1.29 is 32.3 Å². The quantitative estimate of drug-likeness (QED) is 0.439. The predicted octanol–water partition coefficient (Wildman–Crippen LogP) is 1.74. The molecule has 0 atom stereocenters. The van der Waals surface area contributed by atoms with Crippen molar-refractivity contribution in [2.24, 2.45) is 5.73 Å². The largest absolute Gasteiger partial charge is 0.492 e. The number of pyridine rings is 1. The Morgan fingerprint density at radius 3 is 2.50 bits per heavy atom. The molecule has 0 saturated carbocycles. The number of ether oxygens (including phenoxy) is 2. The molecule has 3 heterocycles. The van der Waals surface area contributed by atoms with Crippen LogP contribution in [0.15, 0.2) is 18.3 Å². The van der Waals surface area contributed by atoms with E-state index in [0.717, 1.165) is 5.82 Å². The van der Waals surface area contributed by atoms with E-state index >= 15 is 0 Å². The van der Waals surface area contributed by atoms with Crippen LogP contribution in [0.1, 0.15) is 25.7 Å². The number of carbonyl (C=O) groups excluding carboxylic acids is 1. The fourth-order valence-electron chi connectivity index (χ4n) is 3.71. The molecule has 0 unspecified atom stereocenters. The number of hydrogen-bond acceptors (Lipinski definition) is 8. The summed E-state index contributed by atoms with van der Waals surface area (Å²) in [5.74, 6) is 0.709. The lowest BCUT2D eigenvalue weighted by Crippen LogP contribution is -2.59. The molecule has 1 amide bonds. The monoisotopic (exact) mass is 461 g/mol. The second-order valence-corrected chi connectivity index (χ2v) is 7.89. The van der Waals surface area contributed by atoms with Gasteiger partial charge in [0.25, 0.3) is 5.91 Å². The van der Waals surface area contributed by atoms with Gasteiger partial charge in [-0.2, -0.15) is 13.2 Å². The third-order valence-corrected chi connectivity index (χ3v) is 5.63. The number of hydroxylamine groups is 1. The van der Waals surface area contributed by atoms with Crippen molar-refractivity contribution in [1.29, 1.82) is 0 Å². The average Bonchev–Trinajstić information content (AvgIpc) is 2.77. The highest BCUT2D eigenvalue weighted by molar-refractivity contribution is 5.83. The molecule has 9 nitrogen and oxygen atoms in total. The maximum atomic E-state index is 12.2. The van der Waals surface area contributed by atoms with E-state index in [-0.39, 0.29) is 13.0 Å². The van der Waals surface area contributed by atoms with Crippen LogP contribution in [0, 0.1) is 0 Å². The minimum Gasteiger partial charge on any atom is -0.492 e. The van der Waals surface area contributed by atoms with E-state index < -0.39 is 24.1 Å². The molecule has 2 saturated heterocycles. The van der Waals surface area contributed by atoms with Crippen LogP contribution in [-0.4, -0.2) is 85.9 Å². The van der Waals surface area contributed by atoms with Gasteiger partial charge in [-0.1, -0.05) is 0 Å². The Bertz CT molecular complexity index is 736. The van der Waals surface area contributed by atoms with Crippen molar-refractivity contribution in [1.82, 2.24) is 15.2 Å². The van der Waals surface area contributed by atoms with Crippen LogP contribution in [0.25, 0.3) is 0 Å². The number of amides is 1. The summed E-state index contributed by atoms with van der Waals surface area (Å²) < 4.78 is 47.2. The van der Waals surface area contributed by atoms with Crippen molar-refractivity contribution in [2.75, 3.05) is 57.9 Å². The van der Waals surface area contributed by atoms with Gasteiger partial charge in [0.1, 0.15) is 11.6 Å². The van der Waals surface area contributed by atoms with E-state index in [0.29, 0.717) is 58.0 Å². The van der Waals surface area contributed by atoms with E-state index in [4.69, 9.17) is 20.0 Å². The molecule has 180 valence electrons. The molecular formula is C20H30F3N5O4. The summed E-state index contributed by atoms with van der Waals surface area (Å²) in [4.78, 5) is 24.5. The smallest absolute Gasteiger partial charge is 0.389 e. The molecular weight excluding hydrogens is 431 g/mol. The number of nitrogens with zero attached hydrogens (tertiary/aromatic N) is 4. The predicted molar refractivity (Wildman–Crippen MR) is 110 cm³/mol. The number of primary amides is 1. The molecule has 0 radical (unpaired) electrons. The number of rotatable bonds is 9. The van der Waals surface area contributed by atoms with Crippen LogP contribution < -0.4 is 15.4 Å². The Morgan fingerprint density at radius 1 is 1.25 bits per heavy atom. The molecule has 0 bridgehead atoms. The highest BCUT2D eigenvalue weighted by atomic mass is 19.4. The second-order valence-electron chi connectivity index (χ2n) is 7.89. The first kappa shape index (κ1) is 24.5. The second kappa shape index (κ2) is 10.6. The molecule has 0 spiro atoms. The Kier molecular flexibility index (Phi) is 8.15. The van der Waals surface area contributed by atoms with Gasteiger partial charge >= 0.3 is 6.18 Å². The molecule has 0 aliphatic carbocycles. The number of nitrogens with two attached hydrogens (primary N) is 1. The summed E-state index contributed by atoms with van der Waals surface area (Å²) in [5.41, 5.74) is 4.55. The molecule has 2 aliphatic rings. The van der Waals surface area contributed by atoms with E-state index in [9.17, 15) is 18.0 Å². The first-order valence-electron chi connectivity index (χ1n) is 10.6. The highest BCUT2D eigenvalue weighted by Crippen LogP contribution is 2.27. The minimum absolute atomic E-state index is 0.00946. The zero-order valence-corrected chi connectivity index (χ0v) is 18.1. The number of hydrazine groups is 1. The minimum atomic E-state index is -4.17. The number of hydrogen-bond donors (Lipinski definition) is 1. The Balaban J connectivity index is 1.45. The van der Waals surface area contributed by atoms with Crippen LogP contribution in [-0.2, 0) is 14.4 Å². The molecule has 1 aromatic heterocycles. The molecule has 2 N–H and O–H groups in total. The fourth-order valence-corrected chi connectivity index (χ4v) is 3.71. The topological polar surface area (TPSA) is 93.4 Å². The number of halogens is 3. The lowest BCUT2D eigenvalue weighted by molar-refractivity contribution is -0.328. The third-order valence-electron chi connectivity index (χ3n) is 5.63. The maximum absolute atomic E-state index is 12.2. The van der Waals surface area contributed by atoms with Gasteiger partial charge < -0.3 is 20.1 Å². The molecule has 2 aliphatic heterocycles. The van der Waals surface area contributed by atoms with Crippen LogP contribution in [0.5, 0.6) is 5.75 Å². The summed E-state index contributed by atoms with van der Waals surface area (Å²) in [6, 6.07) is 3.50. The number of anilines is 1. The SMILES string of the molecule is CN(OC1(C(N)=O)CCOCC1)N1CCN(c2ccc(OCCCC(F)(F)F)cn2)CC1. The van der Waals surface area contributed by atoms with Gasteiger partial charge in [0.05, 0.1) is 12.8 Å². The summed E-state index contributed by atoms with van der Waals surface area (Å²) in [6.07, 6.45) is -2.77. The third kappa shape index (κ3) is 6.67. The molecule has 3 rings (SSSR count). The van der Waals surface area contributed by atoms with Crippen LogP contribution in [0.4, 0.5) is 19.0 Å². The standard InChI is InChI=1S/C20H30F3N5O4/c1-26(32-19(18(24)29)6-13-30-14-7-19)28-10-8-27(9-11-28)17-4-3-16(15-25-17)31-12-2-5-20(21,22)23/h3-4,15H,2,5-14H2,1H3,(H2,24,29). The molecule has 32 heavy (non-hydrogen) atoms. The molecule has 0 aromatic carbocycles. The van der Waals surface area contributed by atoms with Gasteiger partial charge in [0.2, 0.25) is 0 Å². The fraction of sp³-hybridized carbons (Fsp3) is 0.700. The van der Waals surface area contributed by atoms with Gasteiger partial charge in [0, 0.05) is 65.7 Å². The first-order valence-corrected chi connectivity index (χ1v) is 10.6. The highest BCUT2D eigenvalue weighted by Gasteiger charge is 2.42. The summed E-state index contributed by atoms with van der Waals surface area (Å²) in [7, 11) is 1.76. The number of alkyl halides is 3. The van der Waals surface area contributed by atoms with E-state index in [1.807, 2.05) is 5.01 Å². The Hall–Kier alpha value is -2.15. The van der Waals surface area contributed by atoms with Gasteiger partial charge in [0.15, 0.2) is 5.60 Å². The Labute approximate surface area is 185 Å².